The van der Waals surface area contributed by atoms with E-state index in [1.54, 1.807) is 0 Å². The van der Waals surface area contributed by atoms with Gasteiger partial charge in [-0.25, -0.2) is 0 Å². The van der Waals surface area contributed by atoms with Crippen molar-refractivity contribution in [1.82, 2.24) is 0 Å². The van der Waals surface area contributed by atoms with Crippen molar-refractivity contribution < 1.29 is 4.42 Å². The molecule has 0 aliphatic carbocycles. The van der Waals surface area contributed by atoms with Crippen LogP contribution in [0.1, 0.15) is 0 Å². The van der Waals surface area contributed by atoms with Crippen LogP contribution in [0.3, 0.4) is 0 Å². The summed E-state index contributed by atoms with van der Waals surface area (Å²) in [6.07, 6.45) is 0. The summed E-state index contributed by atoms with van der Waals surface area (Å²) in [6.45, 7) is 0. The van der Waals surface area contributed by atoms with Crippen molar-refractivity contribution in [2.75, 3.05) is 4.90 Å². The number of hydrogen-bond acceptors (Lipinski definition) is 3. The molecule has 9 rings (SSSR count). The van der Waals surface area contributed by atoms with E-state index in [-0.39, 0.29) is 0 Å². The summed E-state index contributed by atoms with van der Waals surface area (Å²) in [6, 6.07) is 58.4. The number of thiophene rings is 1. The number of fused-ring (bicyclic) bond motifs is 7. The van der Waals surface area contributed by atoms with Crippen LogP contribution < -0.4 is 4.90 Å². The molecule has 0 fully saturated rings. The Hall–Kier alpha value is -5.64. The molecule has 0 saturated carbocycles. The molecule has 0 bridgehead atoms. The van der Waals surface area contributed by atoms with Crippen LogP contribution in [-0.2, 0) is 0 Å². The first kappa shape index (κ1) is 25.8. The van der Waals surface area contributed by atoms with Gasteiger partial charge in [0.05, 0.1) is 10.4 Å². The number of rotatable bonds is 5. The molecule has 212 valence electrons. The van der Waals surface area contributed by atoms with Crippen LogP contribution in [0.15, 0.2) is 168 Å². The van der Waals surface area contributed by atoms with Crippen molar-refractivity contribution in [1.29, 1.82) is 0 Å². The normalized spacial score (nSPS) is 11.6. The van der Waals surface area contributed by atoms with E-state index < -0.39 is 0 Å². The monoisotopic (exact) mass is 593 g/mol. The molecular formula is C42H27NOS. The van der Waals surface area contributed by atoms with Gasteiger partial charge in [0.15, 0.2) is 0 Å². The Labute approximate surface area is 265 Å². The third-order valence-electron chi connectivity index (χ3n) is 8.62. The van der Waals surface area contributed by atoms with Crippen LogP contribution in [0.4, 0.5) is 17.1 Å². The van der Waals surface area contributed by atoms with Gasteiger partial charge < -0.3 is 9.32 Å². The molecule has 9 aromatic rings. The average molecular weight is 594 g/mol. The summed E-state index contributed by atoms with van der Waals surface area (Å²) < 4.78 is 9.07. The Balaban J connectivity index is 1.41. The molecular weight excluding hydrogens is 567 g/mol. The Kier molecular flexibility index (Phi) is 6.03. The lowest BCUT2D eigenvalue weighted by atomic mass is 9.97. The standard InChI is InChI=1S/C42H27NOS/c1-4-14-28(15-5-1)30-24-31(29-16-6-2-7-17-29)26-33(25-30)43(32-18-8-3-9-19-32)37-27-36-34-20-10-12-22-38(34)44-41(36)40-35-21-11-13-23-39(35)45-42(37)40/h1-27H. The fourth-order valence-electron chi connectivity index (χ4n) is 6.55. The molecule has 0 aliphatic heterocycles. The number of anilines is 3. The zero-order valence-electron chi connectivity index (χ0n) is 24.4. The van der Waals surface area contributed by atoms with Crippen molar-refractivity contribution in [3.05, 3.63) is 164 Å². The van der Waals surface area contributed by atoms with Crippen LogP contribution in [-0.4, -0.2) is 0 Å². The zero-order valence-corrected chi connectivity index (χ0v) is 25.2. The third-order valence-corrected chi connectivity index (χ3v) is 9.81. The first-order valence-corrected chi connectivity index (χ1v) is 16.0. The third kappa shape index (κ3) is 4.32. The van der Waals surface area contributed by atoms with Crippen LogP contribution in [0.25, 0.3) is 64.4 Å². The number of para-hydroxylation sites is 2. The van der Waals surface area contributed by atoms with Crippen molar-refractivity contribution in [2.45, 2.75) is 0 Å². The molecule has 0 spiro atoms. The van der Waals surface area contributed by atoms with E-state index in [0.29, 0.717) is 0 Å². The van der Waals surface area contributed by atoms with Gasteiger partial charge >= 0.3 is 0 Å². The SMILES string of the molecule is c1ccc(-c2cc(-c3ccccc3)cc(N(c3ccccc3)c3cc4c5ccccc5oc4c4c3sc3ccccc34)c2)cc1. The molecule has 2 nitrogen and oxygen atoms in total. The zero-order chi connectivity index (χ0) is 29.7. The van der Waals surface area contributed by atoms with E-state index in [4.69, 9.17) is 4.42 Å². The van der Waals surface area contributed by atoms with Gasteiger partial charge in [-0.15, -0.1) is 11.3 Å². The summed E-state index contributed by atoms with van der Waals surface area (Å²) in [5.41, 5.74) is 9.93. The summed E-state index contributed by atoms with van der Waals surface area (Å²) in [7, 11) is 0. The molecule has 45 heavy (non-hydrogen) atoms. The molecule has 0 unspecified atom stereocenters. The van der Waals surface area contributed by atoms with Crippen LogP contribution in [0.5, 0.6) is 0 Å². The van der Waals surface area contributed by atoms with Gasteiger partial charge in [-0.1, -0.05) is 115 Å². The lowest BCUT2D eigenvalue weighted by Crippen LogP contribution is -2.10. The quantitative estimate of drug-likeness (QED) is 0.197. The second-order valence-electron chi connectivity index (χ2n) is 11.3. The molecule has 2 aromatic heterocycles. The Morgan fingerprint density at radius 2 is 1.02 bits per heavy atom. The fourth-order valence-corrected chi connectivity index (χ4v) is 7.76. The lowest BCUT2D eigenvalue weighted by Gasteiger charge is -2.27. The molecule has 2 heterocycles. The van der Waals surface area contributed by atoms with Crippen molar-refractivity contribution >= 4 is 70.5 Å². The van der Waals surface area contributed by atoms with Gasteiger partial charge in [0.1, 0.15) is 11.2 Å². The fraction of sp³-hybridized carbons (Fsp3) is 0. The topological polar surface area (TPSA) is 16.4 Å². The number of nitrogens with zero attached hydrogens (tertiary/aromatic N) is 1. The van der Waals surface area contributed by atoms with Crippen LogP contribution >= 0.6 is 11.3 Å². The molecule has 0 saturated heterocycles. The smallest absolute Gasteiger partial charge is 0.144 e. The molecule has 0 radical (unpaired) electrons. The minimum absolute atomic E-state index is 0.907. The van der Waals surface area contributed by atoms with E-state index in [1.165, 1.54) is 42.4 Å². The van der Waals surface area contributed by atoms with Gasteiger partial charge in [0, 0.05) is 37.6 Å². The Morgan fingerprint density at radius 1 is 0.444 bits per heavy atom. The van der Waals surface area contributed by atoms with Gasteiger partial charge in [-0.05, 0) is 70.8 Å². The molecule has 7 aromatic carbocycles. The van der Waals surface area contributed by atoms with Gasteiger partial charge in [-0.2, -0.15) is 0 Å². The molecule has 3 heteroatoms. The minimum Gasteiger partial charge on any atom is -0.455 e. The van der Waals surface area contributed by atoms with Gasteiger partial charge in [0.2, 0.25) is 0 Å². The highest BCUT2D eigenvalue weighted by Crippen LogP contribution is 2.50. The molecule has 0 aliphatic rings. The lowest BCUT2D eigenvalue weighted by molar-refractivity contribution is 0.673. The maximum atomic E-state index is 6.62. The first-order valence-electron chi connectivity index (χ1n) is 15.2. The van der Waals surface area contributed by atoms with Crippen LogP contribution in [0.2, 0.25) is 0 Å². The maximum absolute atomic E-state index is 6.62. The minimum atomic E-state index is 0.907. The number of hydrogen-bond donors (Lipinski definition) is 0. The second kappa shape index (κ2) is 10.5. The second-order valence-corrected chi connectivity index (χ2v) is 12.4. The predicted octanol–water partition coefficient (Wildman–Crippen LogP) is 12.8. The molecule has 0 N–H and O–H groups in total. The summed E-state index contributed by atoms with van der Waals surface area (Å²) >= 11 is 1.83. The molecule has 0 amide bonds. The van der Waals surface area contributed by atoms with E-state index in [0.717, 1.165) is 39.0 Å². The Bertz CT molecular complexity index is 2420. The average Bonchev–Trinajstić information content (AvgIpc) is 3.68. The first-order chi connectivity index (χ1) is 22.3. The number of furan rings is 1. The Morgan fingerprint density at radius 3 is 1.71 bits per heavy atom. The summed E-state index contributed by atoms with van der Waals surface area (Å²) in [5.74, 6) is 0. The largest absolute Gasteiger partial charge is 0.455 e. The van der Waals surface area contributed by atoms with Crippen molar-refractivity contribution in [3.8, 4) is 22.3 Å². The van der Waals surface area contributed by atoms with Crippen LogP contribution in [0, 0.1) is 0 Å². The van der Waals surface area contributed by atoms with Crippen molar-refractivity contribution in [3.63, 3.8) is 0 Å². The van der Waals surface area contributed by atoms with E-state index in [2.05, 4.69) is 163 Å². The van der Waals surface area contributed by atoms with E-state index >= 15 is 0 Å². The predicted molar refractivity (Wildman–Crippen MR) is 192 cm³/mol. The summed E-state index contributed by atoms with van der Waals surface area (Å²) in [4.78, 5) is 2.43. The van der Waals surface area contributed by atoms with E-state index in [9.17, 15) is 0 Å². The maximum Gasteiger partial charge on any atom is 0.144 e. The number of benzene rings is 7. The summed E-state index contributed by atoms with van der Waals surface area (Å²) in [5, 5.41) is 4.64. The highest BCUT2D eigenvalue weighted by Gasteiger charge is 2.24. The van der Waals surface area contributed by atoms with Gasteiger partial charge in [-0.3, -0.25) is 0 Å². The highest BCUT2D eigenvalue weighted by atomic mass is 32.1. The highest BCUT2D eigenvalue weighted by molar-refractivity contribution is 7.26. The van der Waals surface area contributed by atoms with Crippen molar-refractivity contribution in [2.24, 2.45) is 0 Å². The van der Waals surface area contributed by atoms with Gasteiger partial charge in [0.25, 0.3) is 0 Å². The molecule has 0 atom stereocenters. The van der Waals surface area contributed by atoms with E-state index in [1.807, 2.05) is 17.4 Å².